The number of ether oxygens (including phenoxy) is 1. The SMILES string of the molecule is C[C@@H]1CN(Cc2cc(-c3cccc(Oc4ncc(F)cc4C(=O)N[C@H]4CC[C@H](N)CC4)c3)ccc2O)C[C@H](C)N1. The third kappa shape index (κ3) is 6.96. The number of halogens is 1. The molecular formula is C31H38FN5O3. The molecule has 1 amide bonds. The van der Waals surface area contributed by atoms with Crippen LogP contribution in [0.4, 0.5) is 4.39 Å². The van der Waals surface area contributed by atoms with Gasteiger partial charge in [-0.05, 0) is 81.0 Å². The molecule has 1 saturated heterocycles. The van der Waals surface area contributed by atoms with Crippen molar-refractivity contribution in [3.8, 4) is 28.5 Å². The Morgan fingerprint density at radius 2 is 1.82 bits per heavy atom. The molecule has 212 valence electrons. The van der Waals surface area contributed by atoms with Gasteiger partial charge in [-0.2, -0.15) is 0 Å². The molecule has 1 aromatic heterocycles. The lowest BCUT2D eigenvalue weighted by atomic mass is 9.91. The molecule has 0 spiro atoms. The number of carbonyl (C=O) groups is 1. The minimum absolute atomic E-state index is 0.0111. The predicted octanol–water partition coefficient (Wildman–Crippen LogP) is 4.57. The molecule has 0 bridgehead atoms. The molecule has 40 heavy (non-hydrogen) atoms. The summed E-state index contributed by atoms with van der Waals surface area (Å²) in [5.41, 5.74) is 8.69. The maximum absolute atomic E-state index is 14.1. The summed E-state index contributed by atoms with van der Waals surface area (Å²) in [5.74, 6) is -0.258. The van der Waals surface area contributed by atoms with Crippen molar-refractivity contribution < 1.29 is 19.0 Å². The van der Waals surface area contributed by atoms with E-state index >= 15 is 0 Å². The highest BCUT2D eigenvalue weighted by molar-refractivity contribution is 5.96. The van der Waals surface area contributed by atoms with Gasteiger partial charge < -0.3 is 26.2 Å². The number of aromatic nitrogens is 1. The van der Waals surface area contributed by atoms with Gasteiger partial charge in [0.25, 0.3) is 5.91 Å². The fourth-order valence-corrected chi connectivity index (χ4v) is 5.75. The van der Waals surface area contributed by atoms with Gasteiger partial charge in [-0.3, -0.25) is 9.69 Å². The van der Waals surface area contributed by atoms with Crippen molar-refractivity contribution in [3.05, 3.63) is 71.7 Å². The first-order chi connectivity index (χ1) is 19.2. The summed E-state index contributed by atoms with van der Waals surface area (Å²) < 4.78 is 20.1. The van der Waals surface area contributed by atoms with Crippen LogP contribution in [-0.4, -0.2) is 58.2 Å². The molecule has 2 fully saturated rings. The zero-order valence-electron chi connectivity index (χ0n) is 23.1. The number of pyridine rings is 1. The van der Waals surface area contributed by atoms with Gasteiger partial charge in [0.1, 0.15) is 22.9 Å². The lowest BCUT2D eigenvalue weighted by Crippen LogP contribution is -2.53. The molecule has 2 heterocycles. The zero-order chi connectivity index (χ0) is 28.2. The van der Waals surface area contributed by atoms with Gasteiger partial charge in [-0.25, -0.2) is 9.37 Å². The van der Waals surface area contributed by atoms with Crippen molar-refractivity contribution in [2.45, 2.75) is 70.2 Å². The molecule has 1 aliphatic carbocycles. The summed E-state index contributed by atoms with van der Waals surface area (Å²) in [6.07, 6.45) is 4.30. The molecule has 1 aliphatic heterocycles. The summed E-state index contributed by atoms with van der Waals surface area (Å²) in [4.78, 5) is 19.5. The number of nitrogens with two attached hydrogens (primary N) is 1. The number of nitrogens with one attached hydrogen (secondary N) is 2. The summed E-state index contributed by atoms with van der Waals surface area (Å²) in [5, 5.41) is 17.1. The van der Waals surface area contributed by atoms with E-state index in [1.165, 1.54) is 0 Å². The second kappa shape index (κ2) is 12.3. The zero-order valence-corrected chi connectivity index (χ0v) is 23.1. The van der Waals surface area contributed by atoms with Gasteiger partial charge in [0, 0.05) is 49.4 Å². The highest BCUT2D eigenvalue weighted by Gasteiger charge is 2.24. The number of phenolic OH excluding ortho intramolecular Hbond substituents is 1. The fraction of sp³-hybridized carbons (Fsp3) is 0.419. The van der Waals surface area contributed by atoms with Crippen LogP contribution in [0.15, 0.2) is 54.7 Å². The number of phenols is 1. The fourth-order valence-electron chi connectivity index (χ4n) is 5.75. The van der Waals surface area contributed by atoms with Crippen LogP contribution in [0.1, 0.15) is 55.5 Å². The van der Waals surface area contributed by atoms with E-state index in [-0.39, 0.29) is 29.3 Å². The summed E-state index contributed by atoms with van der Waals surface area (Å²) in [7, 11) is 0. The van der Waals surface area contributed by atoms with E-state index in [4.69, 9.17) is 10.5 Å². The number of hydrogen-bond acceptors (Lipinski definition) is 7. The lowest BCUT2D eigenvalue weighted by Gasteiger charge is -2.36. The molecule has 2 aromatic carbocycles. The van der Waals surface area contributed by atoms with E-state index < -0.39 is 11.7 Å². The van der Waals surface area contributed by atoms with Crippen LogP contribution in [0, 0.1) is 5.82 Å². The Morgan fingerprint density at radius 3 is 2.58 bits per heavy atom. The van der Waals surface area contributed by atoms with E-state index in [1.54, 1.807) is 12.1 Å². The van der Waals surface area contributed by atoms with E-state index in [0.717, 1.165) is 67.7 Å². The highest BCUT2D eigenvalue weighted by Crippen LogP contribution is 2.32. The van der Waals surface area contributed by atoms with Crippen molar-refractivity contribution in [2.24, 2.45) is 5.73 Å². The van der Waals surface area contributed by atoms with Crippen LogP contribution >= 0.6 is 0 Å². The lowest BCUT2D eigenvalue weighted by molar-refractivity contribution is 0.0922. The minimum atomic E-state index is -0.609. The van der Waals surface area contributed by atoms with Crippen LogP contribution in [0.3, 0.4) is 0 Å². The van der Waals surface area contributed by atoms with Crippen LogP contribution in [0.5, 0.6) is 17.4 Å². The highest BCUT2D eigenvalue weighted by atomic mass is 19.1. The maximum atomic E-state index is 14.1. The van der Waals surface area contributed by atoms with E-state index in [1.807, 2.05) is 30.3 Å². The second-order valence-corrected chi connectivity index (χ2v) is 11.2. The van der Waals surface area contributed by atoms with Crippen LogP contribution in [0.25, 0.3) is 11.1 Å². The van der Waals surface area contributed by atoms with Crippen LogP contribution in [0.2, 0.25) is 0 Å². The van der Waals surface area contributed by atoms with E-state index in [0.29, 0.717) is 24.4 Å². The molecular weight excluding hydrogens is 509 g/mol. The number of amides is 1. The molecule has 0 radical (unpaired) electrons. The Kier molecular flexibility index (Phi) is 8.63. The third-order valence-electron chi connectivity index (χ3n) is 7.66. The first-order valence-corrected chi connectivity index (χ1v) is 14.0. The smallest absolute Gasteiger partial charge is 0.257 e. The number of aromatic hydroxyl groups is 1. The third-order valence-corrected chi connectivity index (χ3v) is 7.66. The van der Waals surface area contributed by atoms with Gasteiger partial charge in [0.2, 0.25) is 5.88 Å². The van der Waals surface area contributed by atoms with Crippen molar-refractivity contribution in [3.63, 3.8) is 0 Å². The topological polar surface area (TPSA) is 113 Å². The minimum Gasteiger partial charge on any atom is -0.508 e. The monoisotopic (exact) mass is 547 g/mol. The Labute approximate surface area is 234 Å². The first-order valence-electron chi connectivity index (χ1n) is 14.0. The van der Waals surface area contributed by atoms with Crippen molar-refractivity contribution >= 4 is 5.91 Å². The summed E-state index contributed by atoms with van der Waals surface area (Å²) in [6, 6.07) is 15.1. The van der Waals surface area contributed by atoms with Gasteiger partial charge in [-0.1, -0.05) is 18.2 Å². The van der Waals surface area contributed by atoms with Gasteiger partial charge in [0.15, 0.2) is 0 Å². The standard InChI is InChI=1S/C31H38FN5O3/c1-19-16-37(17-20(2)35-19)18-23-12-22(6-11-29(23)38)21-4-3-5-27(13-21)40-31-28(14-24(32)15-34-31)30(39)36-26-9-7-25(33)8-10-26/h3-6,11-15,19-20,25-26,35,38H,7-10,16-18,33H2,1-2H3,(H,36,39)/t19-,20+,25-,26-. The number of rotatable bonds is 7. The number of benzene rings is 2. The molecule has 5 N–H and O–H groups in total. The first kappa shape index (κ1) is 28.0. The molecule has 2 aliphatic rings. The largest absolute Gasteiger partial charge is 0.508 e. The van der Waals surface area contributed by atoms with Gasteiger partial charge >= 0.3 is 0 Å². The van der Waals surface area contributed by atoms with Crippen molar-refractivity contribution in [2.75, 3.05) is 13.1 Å². The Hall–Kier alpha value is -3.53. The number of carbonyl (C=O) groups excluding carboxylic acids is 1. The van der Waals surface area contributed by atoms with Crippen LogP contribution < -0.4 is 21.1 Å². The molecule has 0 unspecified atom stereocenters. The van der Waals surface area contributed by atoms with Crippen molar-refractivity contribution in [1.82, 2.24) is 20.5 Å². The summed E-state index contributed by atoms with van der Waals surface area (Å²) in [6.45, 7) is 6.80. The molecule has 3 aromatic rings. The van der Waals surface area contributed by atoms with Gasteiger partial charge in [0.05, 0.1) is 6.20 Å². The second-order valence-electron chi connectivity index (χ2n) is 11.2. The number of nitrogens with zero attached hydrogens (tertiary/aromatic N) is 2. The molecule has 9 heteroatoms. The number of hydrogen-bond donors (Lipinski definition) is 4. The average Bonchev–Trinajstić information content (AvgIpc) is 2.92. The Morgan fingerprint density at radius 1 is 1.10 bits per heavy atom. The number of piperazine rings is 1. The molecule has 1 saturated carbocycles. The normalized spacial score (nSPS) is 23.5. The van der Waals surface area contributed by atoms with Gasteiger partial charge in [-0.15, -0.1) is 0 Å². The van der Waals surface area contributed by atoms with E-state index in [2.05, 4.69) is 34.4 Å². The average molecular weight is 548 g/mol. The van der Waals surface area contributed by atoms with Crippen LogP contribution in [-0.2, 0) is 6.54 Å². The van der Waals surface area contributed by atoms with Crippen molar-refractivity contribution in [1.29, 1.82) is 0 Å². The molecule has 8 nitrogen and oxygen atoms in total. The molecule has 5 rings (SSSR count). The quantitative estimate of drug-likeness (QED) is 0.343. The predicted molar refractivity (Wildman–Crippen MR) is 153 cm³/mol. The Bertz CT molecular complexity index is 1330. The summed E-state index contributed by atoms with van der Waals surface area (Å²) >= 11 is 0. The van der Waals surface area contributed by atoms with E-state index in [9.17, 15) is 14.3 Å². The maximum Gasteiger partial charge on any atom is 0.257 e. The molecule has 2 atom stereocenters. The Balaban J connectivity index is 1.33.